The smallest absolute Gasteiger partial charge is 0.201 e. The predicted octanol–water partition coefficient (Wildman–Crippen LogP) is 8.79. The van der Waals surface area contributed by atoms with Crippen LogP contribution in [0.2, 0.25) is 0 Å². The number of allylic oxidation sites excluding steroid dienone is 1. The SMILES string of the molecule is CCCC/C=C/Oc1ccc(-c2ccc(C3CCC(CCC)CC3)cc2)c(F)c1F. The molecule has 1 aliphatic carbocycles. The van der Waals surface area contributed by atoms with Crippen molar-refractivity contribution in [3.8, 4) is 16.9 Å². The van der Waals surface area contributed by atoms with Crippen molar-refractivity contribution in [2.75, 3.05) is 0 Å². The molecule has 0 bridgehead atoms. The van der Waals surface area contributed by atoms with Crippen LogP contribution in [0.15, 0.2) is 48.7 Å². The number of halogens is 2. The Morgan fingerprint density at radius 1 is 0.900 bits per heavy atom. The molecule has 0 radical (unpaired) electrons. The molecule has 1 saturated carbocycles. The monoisotopic (exact) mass is 412 g/mol. The fourth-order valence-electron chi connectivity index (χ4n) is 4.48. The third-order valence-corrected chi connectivity index (χ3v) is 6.30. The molecule has 1 fully saturated rings. The van der Waals surface area contributed by atoms with Gasteiger partial charge in [0.05, 0.1) is 6.26 Å². The molecule has 3 heteroatoms. The summed E-state index contributed by atoms with van der Waals surface area (Å²) < 4.78 is 34.4. The van der Waals surface area contributed by atoms with E-state index in [0.29, 0.717) is 11.5 Å². The van der Waals surface area contributed by atoms with E-state index in [1.54, 1.807) is 6.07 Å². The second-order valence-electron chi connectivity index (χ2n) is 8.50. The topological polar surface area (TPSA) is 9.23 Å². The molecule has 0 amide bonds. The zero-order valence-corrected chi connectivity index (χ0v) is 18.3. The number of unbranched alkanes of at least 4 members (excludes halogenated alkanes) is 2. The van der Waals surface area contributed by atoms with E-state index in [0.717, 1.165) is 25.2 Å². The first-order valence-electron chi connectivity index (χ1n) is 11.5. The summed E-state index contributed by atoms with van der Waals surface area (Å²) in [6.07, 6.45) is 13.9. The van der Waals surface area contributed by atoms with Crippen molar-refractivity contribution in [1.82, 2.24) is 0 Å². The van der Waals surface area contributed by atoms with Crippen molar-refractivity contribution in [2.24, 2.45) is 5.92 Å². The molecule has 0 aliphatic heterocycles. The lowest BCUT2D eigenvalue weighted by atomic mass is 9.77. The minimum absolute atomic E-state index is 0.0792. The van der Waals surface area contributed by atoms with E-state index in [-0.39, 0.29) is 11.3 Å². The van der Waals surface area contributed by atoms with E-state index >= 15 is 0 Å². The average molecular weight is 413 g/mol. The highest BCUT2D eigenvalue weighted by atomic mass is 19.2. The largest absolute Gasteiger partial charge is 0.462 e. The van der Waals surface area contributed by atoms with Gasteiger partial charge in [-0.15, -0.1) is 0 Å². The van der Waals surface area contributed by atoms with Crippen molar-refractivity contribution in [3.63, 3.8) is 0 Å². The van der Waals surface area contributed by atoms with Gasteiger partial charge in [-0.25, -0.2) is 4.39 Å². The Labute approximate surface area is 180 Å². The van der Waals surface area contributed by atoms with Gasteiger partial charge in [0.15, 0.2) is 11.6 Å². The quantitative estimate of drug-likeness (QED) is 0.295. The molecule has 162 valence electrons. The number of hydrogen-bond donors (Lipinski definition) is 0. The van der Waals surface area contributed by atoms with Gasteiger partial charge in [0, 0.05) is 5.56 Å². The highest BCUT2D eigenvalue weighted by Crippen LogP contribution is 2.38. The van der Waals surface area contributed by atoms with Crippen molar-refractivity contribution in [2.45, 2.75) is 77.6 Å². The minimum Gasteiger partial charge on any atom is -0.462 e. The van der Waals surface area contributed by atoms with E-state index in [4.69, 9.17) is 4.74 Å². The highest BCUT2D eigenvalue weighted by Gasteiger charge is 2.22. The Kier molecular flexibility index (Phi) is 8.48. The number of benzene rings is 2. The highest BCUT2D eigenvalue weighted by molar-refractivity contribution is 5.65. The maximum absolute atomic E-state index is 14.7. The summed E-state index contributed by atoms with van der Waals surface area (Å²) in [5, 5.41) is 0. The summed E-state index contributed by atoms with van der Waals surface area (Å²) in [6.45, 7) is 4.36. The van der Waals surface area contributed by atoms with Gasteiger partial charge >= 0.3 is 0 Å². The van der Waals surface area contributed by atoms with Gasteiger partial charge in [-0.05, 0) is 79.7 Å². The standard InChI is InChI=1S/C27H34F2O/c1-3-5-6-7-19-30-25-18-17-24(26(28)27(25)29)23-15-13-22(14-16-23)21-11-9-20(8-4-2)10-12-21/h7,13-21H,3-6,8-12H2,1-2H3/b19-7+. The van der Waals surface area contributed by atoms with Crippen LogP contribution in [0, 0.1) is 17.6 Å². The molecule has 1 aliphatic rings. The number of rotatable bonds is 9. The van der Waals surface area contributed by atoms with E-state index < -0.39 is 11.6 Å². The molecule has 2 aromatic carbocycles. The summed E-state index contributed by atoms with van der Waals surface area (Å²) in [5.41, 5.74) is 2.28. The Bertz CT molecular complexity index is 818. The normalized spacial score (nSPS) is 19.3. The van der Waals surface area contributed by atoms with E-state index in [9.17, 15) is 8.78 Å². The lowest BCUT2D eigenvalue weighted by Gasteiger charge is -2.28. The first kappa shape index (κ1) is 22.5. The summed E-state index contributed by atoms with van der Waals surface area (Å²) in [5.74, 6) is -0.411. The first-order valence-corrected chi connectivity index (χ1v) is 11.5. The van der Waals surface area contributed by atoms with Crippen LogP contribution < -0.4 is 4.74 Å². The minimum atomic E-state index is -0.939. The van der Waals surface area contributed by atoms with E-state index in [2.05, 4.69) is 26.0 Å². The number of hydrogen-bond acceptors (Lipinski definition) is 1. The molecule has 2 aromatic rings. The van der Waals surface area contributed by atoms with Gasteiger partial charge in [0.25, 0.3) is 0 Å². The van der Waals surface area contributed by atoms with E-state index in [1.165, 1.54) is 56.4 Å². The van der Waals surface area contributed by atoms with Crippen LogP contribution in [-0.2, 0) is 0 Å². The zero-order chi connectivity index (χ0) is 21.3. The second-order valence-corrected chi connectivity index (χ2v) is 8.50. The molecule has 1 nitrogen and oxygen atoms in total. The van der Waals surface area contributed by atoms with Crippen molar-refractivity contribution in [1.29, 1.82) is 0 Å². The van der Waals surface area contributed by atoms with Crippen LogP contribution in [0.4, 0.5) is 8.78 Å². The fraction of sp³-hybridized carbons (Fsp3) is 0.481. The maximum Gasteiger partial charge on any atom is 0.201 e. The molecule has 3 rings (SSSR count). The fourth-order valence-corrected chi connectivity index (χ4v) is 4.48. The number of ether oxygens (including phenoxy) is 1. The second kappa shape index (κ2) is 11.3. The first-order chi connectivity index (χ1) is 14.6. The molecule has 30 heavy (non-hydrogen) atoms. The van der Waals surface area contributed by atoms with Crippen molar-refractivity contribution < 1.29 is 13.5 Å². The third-order valence-electron chi connectivity index (χ3n) is 6.30. The van der Waals surface area contributed by atoms with Crippen molar-refractivity contribution >= 4 is 0 Å². The van der Waals surface area contributed by atoms with Gasteiger partial charge in [-0.1, -0.05) is 57.4 Å². The van der Waals surface area contributed by atoms with Gasteiger partial charge in [-0.2, -0.15) is 4.39 Å². The lowest BCUT2D eigenvalue weighted by Crippen LogP contribution is -2.13. The van der Waals surface area contributed by atoms with Gasteiger partial charge in [-0.3, -0.25) is 0 Å². The Morgan fingerprint density at radius 2 is 1.63 bits per heavy atom. The summed E-state index contributed by atoms with van der Waals surface area (Å²) >= 11 is 0. The summed E-state index contributed by atoms with van der Waals surface area (Å²) in [6, 6.07) is 11.1. The third kappa shape index (κ3) is 5.71. The van der Waals surface area contributed by atoms with Crippen LogP contribution in [0.1, 0.15) is 83.1 Å². The summed E-state index contributed by atoms with van der Waals surface area (Å²) in [7, 11) is 0. The van der Waals surface area contributed by atoms with Crippen molar-refractivity contribution in [3.05, 3.63) is 65.9 Å². The van der Waals surface area contributed by atoms with Crippen LogP contribution in [0.25, 0.3) is 11.1 Å². The molecular formula is C27H34F2O. The average Bonchev–Trinajstić information content (AvgIpc) is 2.77. The molecule has 0 saturated heterocycles. The summed E-state index contributed by atoms with van der Waals surface area (Å²) in [4.78, 5) is 0. The Hall–Kier alpha value is -2.16. The molecule has 0 atom stereocenters. The zero-order valence-electron chi connectivity index (χ0n) is 18.3. The molecule has 0 aromatic heterocycles. The Balaban J connectivity index is 1.66. The van der Waals surface area contributed by atoms with Crippen LogP contribution >= 0.6 is 0 Å². The molecule has 0 heterocycles. The molecule has 0 unspecified atom stereocenters. The molecular weight excluding hydrogens is 378 g/mol. The van der Waals surface area contributed by atoms with Gasteiger partial charge < -0.3 is 4.74 Å². The van der Waals surface area contributed by atoms with Crippen LogP contribution in [-0.4, -0.2) is 0 Å². The van der Waals surface area contributed by atoms with Crippen LogP contribution in [0.5, 0.6) is 5.75 Å². The lowest BCUT2D eigenvalue weighted by molar-refractivity contribution is 0.308. The molecule has 0 N–H and O–H groups in total. The predicted molar refractivity (Wildman–Crippen MR) is 121 cm³/mol. The molecule has 0 spiro atoms. The van der Waals surface area contributed by atoms with Gasteiger partial charge in [0.2, 0.25) is 5.82 Å². The Morgan fingerprint density at radius 3 is 2.30 bits per heavy atom. The maximum atomic E-state index is 14.7. The van der Waals surface area contributed by atoms with Crippen LogP contribution in [0.3, 0.4) is 0 Å². The van der Waals surface area contributed by atoms with E-state index in [1.807, 2.05) is 18.2 Å². The van der Waals surface area contributed by atoms with Gasteiger partial charge in [0.1, 0.15) is 0 Å².